The van der Waals surface area contributed by atoms with E-state index in [9.17, 15) is 4.79 Å². The summed E-state index contributed by atoms with van der Waals surface area (Å²) in [6.07, 6.45) is 2.24. The fourth-order valence-electron chi connectivity index (χ4n) is 1.75. The number of carbonyl (C=O) groups excluding carboxylic acids is 1. The lowest BCUT2D eigenvalue weighted by atomic mass is 10.3. The van der Waals surface area contributed by atoms with Crippen molar-refractivity contribution >= 4 is 11.6 Å². The van der Waals surface area contributed by atoms with Gasteiger partial charge in [-0.3, -0.25) is 9.69 Å². The number of ether oxygens (including phenoxy) is 1. The van der Waals surface area contributed by atoms with E-state index in [1.165, 1.54) is 0 Å². The number of amides is 1. The van der Waals surface area contributed by atoms with Gasteiger partial charge in [0.1, 0.15) is 12.4 Å². The Bertz CT molecular complexity index is 432. The van der Waals surface area contributed by atoms with Crippen LogP contribution in [0.1, 0.15) is 12.8 Å². The van der Waals surface area contributed by atoms with Crippen LogP contribution < -0.4 is 15.8 Å². The summed E-state index contributed by atoms with van der Waals surface area (Å²) in [5, 5.41) is 2.96. The number of anilines is 1. The summed E-state index contributed by atoms with van der Waals surface area (Å²) in [6, 6.07) is 7.76. The molecule has 1 aliphatic carbocycles. The number of nitrogens with two attached hydrogens (primary N) is 1. The van der Waals surface area contributed by atoms with E-state index in [-0.39, 0.29) is 5.91 Å². The van der Waals surface area contributed by atoms with E-state index < -0.39 is 0 Å². The smallest absolute Gasteiger partial charge is 0.234 e. The highest BCUT2D eigenvalue weighted by Gasteiger charge is 2.23. The molecule has 0 radical (unpaired) electrons. The van der Waals surface area contributed by atoms with Crippen LogP contribution in [0.25, 0.3) is 0 Å². The van der Waals surface area contributed by atoms with Crippen molar-refractivity contribution in [3.8, 4) is 5.75 Å². The number of carbonyl (C=O) groups is 1. The van der Waals surface area contributed by atoms with E-state index in [0.29, 0.717) is 31.4 Å². The first-order valence-corrected chi connectivity index (χ1v) is 6.60. The first-order valence-electron chi connectivity index (χ1n) is 6.60. The van der Waals surface area contributed by atoms with Gasteiger partial charge in [-0.05, 0) is 32.0 Å². The molecule has 0 heterocycles. The molecule has 2 rings (SSSR count). The van der Waals surface area contributed by atoms with E-state index in [2.05, 4.69) is 5.32 Å². The van der Waals surface area contributed by atoms with Gasteiger partial charge >= 0.3 is 0 Å². The third-order valence-corrected chi connectivity index (χ3v) is 2.96. The van der Waals surface area contributed by atoms with Crippen LogP contribution >= 0.6 is 0 Å². The summed E-state index contributed by atoms with van der Waals surface area (Å²) in [5.41, 5.74) is 6.35. The van der Waals surface area contributed by atoms with Crippen LogP contribution in [0.2, 0.25) is 0 Å². The Balaban J connectivity index is 1.62. The van der Waals surface area contributed by atoms with Crippen molar-refractivity contribution < 1.29 is 9.53 Å². The van der Waals surface area contributed by atoms with Crippen LogP contribution in [0, 0.1) is 0 Å². The average molecular weight is 263 g/mol. The fourth-order valence-corrected chi connectivity index (χ4v) is 1.75. The molecule has 5 nitrogen and oxygen atoms in total. The van der Waals surface area contributed by atoms with Gasteiger partial charge in [0.15, 0.2) is 0 Å². The van der Waals surface area contributed by atoms with Crippen LogP contribution in [0.3, 0.4) is 0 Å². The monoisotopic (exact) mass is 263 g/mol. The summed E-state index contributed by atoms with van der Waals surface area (Å²) in [6.45, 7) is 1.65. The minimum Gasteiger partial charge on any atom is -0.492 e. The molecule has 1 fully saturated rings. The van der Waals surface area contributed by atoms with Crippen molar-refractivity contribution in [3.63, 3.8) is 0 Å². The molecule has 0 atom stereocenters. The molecule has 0 bridgehead atoms. The maximum Gasteiger partial charge on any atom is 0.234 e. The predicted molar refractivity (Wildman–Crippen MR) is 75.0 cm³/mol. The minimum atomic E-state index is 0.0916. The van der Waals surface area contributed by atoms with Gasteiger partial charge in [-0.1, -0.05) is 6.07 Å². The number of hydrogen-bond acceptors (Lipinski definition) is 4. The molecule has 104 valence electrons. The molecule has 1 aromatic rings. The van der Waals surface area contributed by atoms with Gasteiger partial charge in [-0.25, -0.2) is 0 Å². The molecule has 1 amide bonds. The molecule has 1 aromatic carbocycles. The first kappa shape index (κ1) is 13.7. The second-order valence-corrected chi connectivity index (χ2v) is 5.00. The average Bonchev–Trinajstić information content (AvgIpc) is 3.12. The summed E-state index contributed by atoms with van der Waals surface area (Å²) in [4.78, 5) is 13.5. The van der Waals surface area contributed by atoms with Crippen LogP contribution in [0.15, 0.2) is 24.3 Å². The molecule has 0 saturated heterocycles. The van der Waals surface area contributed by atoms with E-state index >= 15 is 0 Å². The molecular weight excluding hydrogens is 242 g/mol. The molecule has 0 aliphatic heterocycles. The van der Waals surface area contributed by atoms with Crippen molar-refractivity contribution in [2.75, 3.05) is 32.5 Å². The van der Waals surface area contributed by atoms with Gasteiger partial charge in [0.25, 0.3) is 0 Å². The Hall–Kier alpha value is -1.75. The number of likely N-dealkylation sites (N-methyl/N-ethyl adjacent to an activating group) is 1. The second kappa shape index (κ2) is 6.43. The fraction of sp³-hybridized carbons (Fsp3) is 0.500. The first-order chi connectivity index (χ1) is 9.13. The SMILES string of the molecule is CN(CCOc1cccc(N)c1)CC(=O)NC1CC1. The molecular formula is C14H21N3O2. The van der Waals surface area contributed by atoms with Crippen LogP contribution in [-0.2, 0) is 4.79 Å². The highest BCUT2D eigenvalue weighted by atomic mass is 16.5. The van der Waals surface area contributed by atoms with E-state index in [0.717, 1.165) is 18.6 Å². The van der Waals surface area contributed by atoms with E-state index in [4.69, 9.17) is 10.5 Å². The Labute approximate surface area is 113 Å². The third kappa shape index (κ3) is 5.18. The molecule has 5 heteroatoms. The largest absolute Gasteiger partial charge is 0.492 e. The highest BCUT2D eigenvalue weighted by molar-refractivity contribution is 5.78. The molecule has 3 N–H and O–H groups in total. The molecule has 1 aliphatic rings. The Morgan fingerprint density at radius 1 is 1.53 bits per heavy atom. The zero-order valence-electron chi connectivity index (χ0n) is 11.3. The van der Waals surface area contributed by atoms with Crippen molar-refractivity contribution in [2.24, 2.45) is 0 Å². The molecule has 0 aromatic heterocycles. The molecule has 0 unspecified atom stereocenters. The Kier molecular flexibility index (Phi) is 4.63. The van der Waals surface area contributed by atoms with Gasteiger partial charge in [-0.15, -0.1) is 0 Å². The molecule has 0 spiro atoms. The topological polar surface area (TPSA) is 67.6 Å². The quantitative estimate of drug-likeness (QED) is 0.716. The Morgan fingerprint density at radius 2 is 2.32 bits per heavy atom. The maximum absolute atomic E-state index is 11.6. The van der Waals surface area contributed by atoms with Gasteiger partial charge in [0.05, 0.1) is 6.54 Å². The predicted octanol–water partition coefficient (Wildman–Crippen LogP) is 0.858. The summed E-state index contributed by atoms with van der Waals surface area (Å²) < 4.78 is 5.58. The van der Waals surface area contributed by atoms with Gasteiger partial charge in [0.2, 0.25) is 5.91 Å². The number of nitrogens with zero attached hydrogens (tertiary/aromatic N) is 1. The normalized spacial score (nSPS) is 14.4. The van der Waals surface area contributed by atoms with Gasteiger partial charge in [0, 0.05) is 24.3 Å². The van der Waals surface area contributed by atoms with Crippen molar-refractivity contribution in [2.45, 2.75) is 18.9 Å². The number of nitrogen functional groups attached to an aromatic ring is 1. The van der Waals surface area contributed by atoms with E-state index in [1.54, 1.807) is 6.07 Å². The van der Waals surface area contributed by atoms with Gasteiger partial charge in [-0.2, -0.15) is 0 Å². The van der Waals surface area contributed by atoms with Crippen molar-refractivity contribution in [3.05, 3.63) is 24.3 Å². The summed E-state index contributed by atoms with van der Waals surface area (Å²) in [7, 11) is 1.91. The Morgan fingerprint density at radius 3 is 3.00 bits per heavy atom. The standard InChI is InChI=1S/C14H21N3O2/c1-17(10-14(18)16-12-5-6-12)7-8-19-13-4-2-3-11(15)9-13/h2-4,9,12H,5-8,10,15H2,1H3,(H,16,18). The van der Waals surface area contributed by atoms with Crippen molar-refractivity contribution in [1.82, 2.24) is 10.2 Å². The van der Waals surface area contributed by atoms with Gasteiger partial charge < -0.3 is 15.8 Å². The lowest BCUT2D eigenvalue weighted by Gasteiger charge is -2.16. The molecule has 1 saturated carbocycles. The summed E-state index contributed by atoms with van der Waals surface area (Å²) >= 11 is 0. The van der Waals surface area contributed by atoms with E-state index in [1.807, 2.05) is 30.1 Å². The molecule has 19 heavy (non-hydrogen) atoms. The van der Waals surface area contributed by atoms with Crippen LogP contribution in [0.4, 0.5) is 5.69 Å². The highest BCUT2D eigenvalue weighted by Crippen LogP contribution is 2.18. The maximum atomic E-state index is 11.6. The second-order valence-electron chi connectivity index (χ2n) is 5.00. The lowest BCUT2D eigenvalue weighted by Crippen LogP contribution is -2.37. The summed E-state index contributed by atoms with van der Waals surface area (Å²) in [5.74, 6) is 0.852. The van der Waals surface area contributed by atoms with Crippen LogP contribution in [0.5, 0.6) is 5.75 Å². The minimum absolute atomic E-state index is 0.0916. The zero-order valence-corrected chi connectivity index (χ0v) is 11.3. The van der Waals surface area contributed by atoms with Crippen LogP contribution in [-0.4, -0.2) is 43.6 Å². The zero-order chi connectivity index (χ0) is 13.7. The van der Waals surface area contributed by atoms with Crippen molar-refractivity contribution in [1.29, 1.82) is 0 Å². The number of rotatable bonds is 7. The number of nitrogens with one attached hydrogen (secondary N) is 1. The number of hydrogen-bond donors (Lipinski definition) is 2. The lowest BCUT2D eigenvalue weighted by molar-refractivity contribution is -0.122. The third-order valence-electron chi connectivity index (χ3n) is 2.96. The number of benzene rings is 1.